The molecule has 1 aromatic rings. The smallest absolute Gasteiger partial charge is 0.103 e. The summed E-state index contributed by atoms with van der Waals surface area (Å²) >= 11 is 3.81. The molecule has 1 aliphatic carbocycles. The van der Waals surface area contributed by atoms with Gasteiger partial charge in [0.15, 0.2) is 0 Å². The summed E-state index contributed by atoms with van der Waals surface area (Å²) in [4.78, 5) is 6.39. The van der Waals surface area contributed by atoms with Crippen molar-refractivity contribution in [3.05, 3.63) is 15.6 Å². The average Bonchev–Trinajstić information content (AvgIpc) is 2.69. The maximum absolute atomic E-state index is 4.83. The summed E-state index contributed by atoms with van der Waals surface area (Å²) in [5, 5.41) is 4.78. The van der Waals surface area contributed by atoms with Gasteiger partial charge in [-0.2, -0.15) is 11.8 Å². The zero-order valence-corrected chi connectivity index (χ0v) is 11.7. The molecule has 0 radical (unpaired) electrons. The zero-order chi connectivity index (χ0) is 11.4. The zero-order valence-electron chi connectivity index (χ0n) is 10.1. The van der Waals surface area contributed by atoms with Gasteiger partial charge in [0.2, 0.25) is 0 Å². The van der Waals surface area contributed by atoms with Gasteiger partial charge in [-0.05, 0) is 32.1 Å². The predicted molar refractivity (Wildman–Crippen MR) is 73.6 cm³/mol. The molecule has 1 N–H and O–H groups in total. The Morgan fingerprint density at radius 3 is 3.19 bits per heavy atom. The standard InChI is InChI=1S/C12H20N2S2/c1-3-13-7-9-5-4-6-10-12(9)14-11(16-10)8-15-2/h9,13H,3-8H2,1-2H3. The number of hydrogen-bond acceptors (Lipinski definition) is 4. The van der Waals surface area contributed by atoms with E-state index < -0.39 is 0 Å². The molecule has 0 saturated carbocycles. The number of aromatic nitrogens is 1. The number of likely N-dealkylation sites (N-methyl/N-ethyl adjacent to an activating group) is 1. The number of nitrogens with zero attached hydrogens (tertiary/aromatic N) is 1. The molecular formula is C12H20N2S2. The molecule has 2 rings (SSSR count). The van der Waals surface area contributed by atoms with Gasteiger partial charge in [-0.25, -0.2) is 4.98 Å². The van der Waals surface area contributed by atoms with Gasteiger partial charge in [0.25, 0.3) is 0 Å². The van der Waals surface area contributed by atoms with E-state index in [0.717, 1.165) is 18.8 Å². The van der Waals surface area contributed by atoms with Crippen molar-refractivity contribution in [3.8, 4) is 0 Å². The number of nitrogens with one attached hydrogen (secondary N) is 1. The van der Waals surface area contributed by atoms with Crippen LogP contribution in [0.3, 0.4) is 0 Å². The third-order valence-corrected chi connectivity index (χ3v) is 4.90. The van der Waals surface area contributed by atoms with Crippen LogP contribution in [-0.4, -0.2) is 24.3 Å². The highest BCUT2D eigenvalue weighted by molar-refractivity contribution is 7.97. The van der Waals surface area contributed by atoms with E-state index in [9.17, 15) is 0 Å². The second-order valence-corrected chi connectivity index (χ2v) is 6.28. The summed E-state index contributed by atoms with van der Waals surface area (Å²) in [5.41, 5.74) is 1.40. The minimum absolute atomic E-state index is 0.663. The van der Waals surface area contributed by atoms with E-state index in [1.807, 2.05) is 23.1 Å². The molecule has 1 heterocycles. The van der Waals surface area contributed by atoms with Gasteiger partial charge >= 0.3 is 0 Å². The fraction of sp³-hybridized carbons (Fsp3) is 0.750. The fourth-order valence-electron chi connectivity index (χ4n) is 2.26. The predicted octanol–water partition coefficient (Wildman–Crippen LogP) is 3.04. The summed E-state index contributed by atoms with van der Waals surface area (Å²) in [6.45, 7) is 4.34. The molecule has 0 amide bonds. The Hall–Kier alpha value is -0.0600. The van der Waals surface area contributed by atoms with Crippen molar-refractivity contribution in [2.24, 2.45) is 0 Å². The SMILES string of the molecule is CCNCC1CCCc2sc(CSC)nc21. The van der Waals surface area contributed by atoms with Crippen LogP contribution >= 0.6 is 23.1 Å². The van der Waals surface area contributed by atoms with E-state index in [-0.39, 0.29) is 0 Å². The molecule has 0 aromatic carbocycles. The minimum Gasteiger partial charge on any atom is -0.316 e. The van der Waals surface area contributed by atoms with Crippen LogP contribution in [0, 0.1) is 0 Å². The van der Waals surface area contributed by atoms with Crippen LogP contribution in [0.4, 0.5) is 0 Å². The Balaban J connectivity index is 2.10. The first-order valence-electron chi connectivity index (χ1n) is 6.03. The van der Waals surface area contributed by atoms with Crippen molar-refractivity contribution in [1.82, 2.24) is 10.3 Å². The number of rotatable bonds is 5. The maximum Gasteiger partial charge on any atom is 0.103 e. The third kappa shape index (κ3) is 2.79. The lowest BCUT2D eigenvalue weighted by atomic mass is 9.91. The summed E-state index contributed by atoms with van der Waals surface area (Å²) < 4.78 is 0. The molecule has 90 valence electrons. The molecule has 0 saturated heterocycles. The first kappa shape index (κ1) is 12.4. The molecule has 0 bridgehead atoms. The van der Waals surface area contributed by atoms with Crippen molar-refractivity contribution in [2.75, 3.05) is 19.3 Å². The number of thioether (sulfide) groups is 1. The molecule has 1 aromatic heterocycles. The van der Waals surface area contributed by atoms with Gasteiger partial charge in [0.05, 0.1) is 5.69 Å². The van der Waals surface area contributed by atoms with Crippen LogP contribution < -0.4 is 5.32 Å². The van der Waals surface area contributed by atoms with Crippen LogP contribution in [-0.2, 0) is 12.2 Å². The Kier molecular flexibility index (Phi) is 4.67. The molecular weight excluding hydrogens is 236 g/mol. The lowest BCUT2D eigenvalue weighted by Gasteiger charge is -2.21. The van der Waals surface area contributed by atoms with Crippen LogP contribution in [0.5, 0.6) is 0 Å². The Morgan fingerprint density at radius 1 is 1.56 bits per heavy atom. The first-order valence-corrected chi connectivity index (χ1v) is 8.24. The van der Waals surface area contributed by atoms with Crippen molar-refractivity contribution in [1.29, 1.82) is 0 Å². The summed E-state index contributed by atoms with van der Waals surface area (Å²) in [6.07, 6.45) is 6.05. The van der Waals surface area contributed by atoms with E-state index in [1.54, 1.807) is 4.88 Å². The highest BCUT2D eigenvalue weighted by Gasteiger charge is 2.23. The van der Waals surface area contributed by atoms with E-state index >= 15 is 0 Å². The van der Waals surface area contributed by atoms with Gasteiger partial charge < -0.3 is 5.32 Å². The van der Waals surface area contributed by atoms with Crippen molar-refractivity contribution in [3.63, 3.8) is 0 Å². The van der Waals surface area contributed by atoms with Gasteiger partial charge in [0.1, 0.15) is 5.01 Å². The molecule has 2 nitrogen and oxygen atoms in total. The lowest BCUT2D eigenvalue weighted by molar-refractivity contribution is 0.508. The monoisotopic (exact) mass is 256 g/mol. The fourth-order valence-corrected chi connectivity index (χ4v) is 4.15. The topological polar surface area (TPSA) is 24.9 Å². The van der Waals surface area contributed by atoms with E-state index in [2.05, 4.69) is 18.5 Å². The quantitative estimate of drug-likeness (QED) is 0.876. The van der Waals surface area contributed by atoms with Crippen molar-refractivity contribution >= 4 is 23.1 Å². The minimum atomic E-state index is 0.663. The second kappa shape index (κ2) is 6.03. The largest absolute Gasteiger partial charge is 0.316 e. The van der Waals surface area contributed by atoms with Crippen molar-refractivity contribution < 1.29 is 0 Å². The van der Waals surface area contributed by atoms with E-state index in [4.69, 9.17) is 4.98 Å². The molecule has 1 aliphatic rings. The Morgan fingerprint density at radius 2 is 2.44 bits per heavy atom. The normalized spacial score (nSPS) is 19.8. The Bertz CT molecular complexity index is 336. The first-order chi connectivity index (χ1) is 7.85. The van der Waals surface area contributed by atoms with Crippen LogP contribution in [0.25, 0.3) is 0 Å². The van der Waals surface area contributed by atoms with Gasteiger partial charge in [-0.1, -0.05) is 6.92 Å². The number of fused-ring (bicyclic) bond motifs is 1. The van der Waals surface area contributed by atoms with Gasteiger partial charge in [-0.15, -0.1) is 11.3 Å². The molecule has 0 aliphatic heterocycles. The van der Waals surface area contributed by atoms with E-state index in [0.29, 0.717) is 5.92 Å². The maximum atomic E-state index is 4.83. The van der Waals surface area contributed by atoms with Crippen LogP contribution in [0.2, 0.25) is 0 Å². The molecule has 16 heavy (non-hydrogen) atoms. The molecule has 0 fully saturated rings. The molecule has 4 heteroatoms. The number of aryl methyl sites for hydroxylation is 1. The second-order valence-electron chi connectivity index (χ2n) is 4.25. The van der Waals surface area contributed by atoms with Crippen LogP contribution in [0.1, 0.15) is 41.3 Å². The highest BCUT2D eigenvalue weighted by Crippen LogP contribution is 2.35. The van der Waals surface area contributed by atoms with Gasteiger partial charge in [0, 0.05) is 23.1 Å². The average molecular weight is 256 g/mol. The molecule has 1 unspecified atom stereocenters. The lowest BCUT2D eigenvalue weighted by Crippen LogP contribution is -2.24. The third-order valence-electron chi connectivity index (χ3n) is 3.02. The highest BCUT2D eigenvalue weighted by atomic mass is 32.2. The molecule has 1 atom stereocenters. The Labute approximate surface area is 106 Å². The van der Waals surface area contributed by atoms with Crippen LogP contribution in [0.15, 0.2) is 0 Å². The van der Waals surface area contributed by atoms with E-state index in [1.165, 1.54) is 30.0 Å². The van der Waals surface area contributed by atoms with Crippen molar-refractivity contribution in [2.45, 2.75) is 37.9 Å². The molecule has 0 spiro atoms. The van der Waals surface area contributed by atoms with Gasteiger partial charge in [-0.3, -0.25) is 0 Å². The summed E-state index contributed by atoms with van der Waals surface area (Å²) in [6, 6.07) is 0. The summed E-state index contributed by atoms with van der Waals surface area (Å²) in [7, 11) is 0. The number of thiazole rings is 1. The number of hydrogen-bond donors (Lipinski definition) is 1. The summed E-state index contributed by atoms with van der Waals surface area (Å²) in [5.74, 6) is 1.74.